The van der Waals surface area contributed by atoms with Gasteiger partial charge in [0.05, 0.1) is 11.7 Å². The minimum atomic E-state index is -1.04. The van der Waals surface area contributed by atoms with Crippen LogP contribution in [0.3, 0.4) is 0 Å². The summed E-state index contributed by atoms with van der Waals surface area (Å²) < 4.78 is 11.7. The Balaban J connectivity index is 1.85. The van der Waals surface area contributed by atoms with Crippen LogP contribution in [0.1, 0.15) is 46.1 Å². The topological polar surface area (TPSA) is 108 Å². The summed E-state index contributed by atoms with van der Waals surface area (Å²) in [4.78, 5) is 53.9. The van der Waals surface area contributed by atoms with Crippen LogP contribution >= 0.6 is 15.9 Å². The number of halogens is 1. The molecule has 0 aliphatic carbocycles. The number of ether oxygens (including phenoxy) is 2. The van der Waals surface area contributed by atoms with Crippen LogP contribution in [0, 0.1) is 0 Å². The van der Waals surface area contributed by atoms with Crippen molar-refractivity contribution in [3.05, 3.63) is 89.4 Å². The predicted molar refractivity (Wildman–Crippen MR) is 168 cm³/mol. The Morgan fingerprint density at radius 1 is 1.12 bits per heavy atom. The Bertz CT molecular complexity index is 1330. The maximum absolute atomic E-state index is 14.0. The number of hydrogen-bond acceptors (Lipinski definition) is 6. The first-order valence-electron chi connectivity index (χ1n) is 14.0. The van der Waals surface area contributed by atoms with E-state index in [0.29, 0.717) is 12.1 Å². The normalized spacial score (nSPS) is 15.6. The fourth-order valence-corrected chi connectivity index (χ4v) is 4.98. The molecular formula is C32H39BrN4O6. The van der Waals surface area contributed by atoms with Crippen LogP contribution in [0.25, 0.3) is 0 Å². The smallest absolute Gasteiger partial charge is 0.429 e. The summed E-state index contributed by atoms with van der Waals surface area (Å²) in [5, 5.41) is 5.19. The van der Waals surface area contributed by atoms with Crippen molar-refractivity contribution in [1.82, 2.24) is 15.3 Å². The number of nitrogens with zero attached hydrogens (tertiary/aromatic N) is 3. The van der Waals surface area contributed by atoms with Gasteiger partial charge < -0.3 is 19.7 Å². The van der Waals surface area contributed by atoms with Crippen molar-refractivity contribution in [3.63, 3.8) is 0 Å². The van der Waals surface area contributed by atoms with Crippen molar-refractivity contribution >= 4 is 45.6 Å². The van der Waals surface area contributed by atoms with E-state index in [9.17, 15) is 19.2 Å². The molecule has 2 atom stereocenters. The zero-order valence-corrected chi connectivity index (χ0v) is 26.6. The molecule has 2 aromatic carbocycles. The second-order valence-electron chi connectivity index (χ2n) is 10.9. The van der Waals surface area contributed by atoms with Gasteiger partial charge in [-0.3, -0.25) is 9.59 Å². The van der Waals surface area contributed by atoms with Gasteiger partial charge in [-0.25, -0.2) is 19.6 Å². The molecular weight excluding hydrogens is 616 g/mol. The minimum absolute atomic E-state index is 0.0322. The van der Waals surface area contributed by atoms with E-state index in [0.717, 1.165) is 10.0 Å². The van der Waals surface area contributed by atoms with Gasteiger partial charge in [0.25, 0.3) is 5.91 Å². The third kappa shape index (κ3) is 9.71. The molecule has 0 unspecified atom stereocenters. The summed E-state index contributed by atoms with van der Waals surface area (Å²) in [6.45, 7) is 10.9. The number of hydrogen-bond donors (Lipinski definition) is 1. The Morgan fingerprint density at radius 3 is 2.42 bits per heavy atom. The lowest BCUT2D eigenvalue weighted by Crippen LogP contribution is -2.56. The third-order valence-corrected chi connectivity index (χ3v) is 7.08. The molecule has 1 aliphatic heterocycles. The van der Waals surface area contributed by atoms with Crippen molar-refractivity contribution in [3.8, 4) is 0 Å². The van der Waals surface area contributed by atoms with Gasteiger partial charge in [-0.05, 0) is 67.2 Å². The summed E-state index contributed by atoms with van der Waals surface area (Å²) in [6.07, 6.45) is 4.16. The fourth-order valence-electron chi connectivity index (χ4n) is 4.48. The Hall–Kier alpha value is -4.12. The first-order valence-corrected chi connectivity index (χ1v) is 14.8. The summed E-state index contributed by atoms with van der Waals surface area (Å²) in [6, 6.07) is 15.0. The molecule has 1 fully saturated rings. The number of alkyl carbamates (subject to hydrolysis) is 1. The van der Waals surface area contributed by atoms with Crippen molar-refractivity contribution in [1.29, 1.82) is 0 Å². The molecule has 4 amide bonds. The largest absolute Gasteiger partial charge is 0.444 e. The van der Waals surface area contributed by atoms with E-state index in [-0.39, 0.29) is 32.0 Å². The van der Waals surface area contributed by atoms with Gasteiger partial charge in [0, 0.05) is 24.5 Å². The maximum atomic E-state index is 14.0. The van der Waals surface area contributed by atoms with Crippen LogP contribution in [-0.4, -0.2) is 64.8 Å². The lowest BCUT2D eigenvalue weighted by Gasteiger charge is -2.33. The van der Waals surface area contributed by atoms with Crippen molar-refractivity contribution < 1.29 is 28.7 Å². The van der Waals surface area contributed by atoms with E-state index in [4.69, 9.17) is 9.47 Å². The molecule has 0 saturated carbocycles. The Morgan fingerprint density at radius 2 is 1.79 bits per heavy atom. The van der Waals surface area contributed by atoms with Crippen LogP contribution in [0.15, 0.2) is 83.9 Å². The van der Waals surface area contributed by atoms with Crippen LogP contribution in [0.4, 0.5) is 15.3 Å². The first-order chi connectivity index (χ1) is 20.4. The Kier molecular flexibility index (Phi) is 11.9. The van der Waals surface area contributed by atoms with Crippen molar-refractivity contribution in [2.24, 2.45) is 0 Å². The second-order valence-corrected chi connectivity index (χ2v) is 11.8. The van der Waals surface area contributed by atoms with Crippen LogP contribution in [0.5, 0.6) is 0 Å². The molecule has 11 heteroatoms. The number of amides is 4. The van der Waals surface area contributed by atoms with Gasteiger partial charge in [0.2, 0.25) is 5.91 Å². The van der Waals surface area contributed by atoms with Gasteiger partial charge in [-0.2, -0.15) is 0 Å². The SMILES string of the molecule is C=CC[C@H](NC(=O)OC(C)(C)C)C(=O)N1[C@H](C=CCN(C(C)=O)c2ccccc2Br)CCN1C(=O)OCc1ccccc1. The van der Waals surface area contributed by atoms with Crippen LogP contribution in [0.2, 0.25) is 0 Å². The van der Waals surface area contributed by atoms with Crippen molar-refractivity contribution in [2.45, 2.75) is 64.8 Å². The number of anilines is 1. The van der Waals surface area contributed by atoms with Gasteiger partial charge in [0.15, 0.2) is 0 Å². The monoisotopic (exact) mass is 654 g/mol. The third-order valence-electron chi connectivity index (χ3n) is 6.41. The molecule has 0 bridgehead atoms. The van der Waals surface area contributed by atoms with E-state index in [1.807, 2.05) is 54.6 Å². The number of nitrogens with one attached hydrogen (secondary N) is 1. The maximum Gasteiger partial charge on any atom is 0.429 e. The molecule has 0 radical (unpaired) electrons. The van der Waals surface area contributed by atoms with E-state index in [1.54, 1.807) is 37.8 Å². The number of rotatable bonds is 10. The molecule has 0 aromatic heterocycles. The summed E-state index contributed by atoms with van der Waals surface area (Å²) in [7, 11) is 0. The molecule has 1 saturated heterocycles. The number of para-hydroxylation sites is 1. The molecule has 1 heterocycles. The lowest BCUT2D eigenvalue weighted by molar-refractivity contribution is -0.146. The second kappa shape index (κ2) is 15.4. The molecule has 1 N–H and O–H groups in total. The van der Waals surface area contributed by atoms with Crippen LogP contribution in [-0.2, 0) is 25.7 Å². The highest BCUT2D eigenvalue weighted by Crippen LogP contribution is 2.27. The molecule has 230 valence electrons. The van der Waals surface area contributed by atoms with E-state index < -0.39 is 35.8 Å². The summed E-state index contributed by atoms with van der Waals surface area (Å²) in [5.41, 5.74) is 0.739. The highest BCUT2D eigenvalue weighted by molar-refractivity contribution is 9.10. The van der Waals surface area contributed by atoms with E-state index in [1.165, 1.54) is 23.0 Å². The number of hydrazine groups is 1. The van der Waals surface area contributed by atoms with E-state index in [2.05, 4.69) is 27.8 Å². The zero-order valence-electron chi connectivity index (χ0n) is 25.0. The Labute approximate surface area is 261 Å². The number of carbonyl (C=O) groups is 4. The van der Waals surface area contributed by atoms with Crippen molar-refractivity contribution in [2.75, 3.05) is 18.0 Å². The predicted octanol–water partition coefficient (Wildman–Crippen LogP) is 5.98. The average Bonchev–Trinajstić information content (AvgIpc) is 3.37. The average molecular weight is 656 g/mol. The molecule has 10 nitrogen and oxygen atoms in total. The van der Waals surface area contributed by atoms with Gasteiger partial charge in [-0.1, -0.05) is 60.7 Å². The molecule has 0 spiro atoms. The fraction of sp³-hybridized carbons (Fsp3) is 0.375. The van der Waals surface area contributed by atoms with Crippen LogP contribution < -0.4 is 10.2 Å². The minimum Gasteiger partial charge on any atom is -0.444 e. The van der Waals surface area contributed by atoms with E-state index >= 15 is 0 Å². The highest BCUT2D eigenvalue weighted by Gasteiger charge is 2.41. The molecule has 3 rings (SSSR count). The van der Waals surface area contributed by atoms with Gasteiger partial charge >= 0.3 is 12.2 Å². The zero-order chi connectivity index (χ0) is 31.6. The highest BCUT2D eigenvalue weighted by atomic mass is 79.9. The molecule has 43 heavy (non-hydrogen) atoms. The molecule has 2 aromatic rings. The number of benzene rings is 2. The van der Waals surface area contributed by atoms with Gasteiger partial charge in [-0.15, -0.1) is 6.58 Å². The van der Waals surface area contributed by atoms with Gasteiger partial charge in [0.1, 0.15) is 18.2 Å². The quantitative estimate of drug-likeness (QED) is 0.316. The summed E-state index contributed by atoms with van der Waals surface area (Å²) >= 11 is 3.49. The first kappa shape index (κ1) is 33.4. The standard InChI is InChI=1S/C32H39BrN4O6/c1-6-13-27(34-30(40)43-32(3,4)5)29(39)37-25(16-12-20-35(23(2)38)28-18-11-10-17-26(28)33)19-21-36(37)31(41)42-22-24-14-8-7-9-15-24/h6-12,14-18,25,27H,1,13,19-22H2,2-5H3,(H,34,40)/t25-,27+/m1/s1. The lowest BCUT2D eigenvalue weighted by atomic mass is 10.1. The number of carbonyl (C=O) groups excluding carboxylic acids is 4. The molecule has 1 aliphatic rings. The summed E-state index contributed by atoms with van der Waals surface area (Å²) in [5.74, 6) is -0.682.